The van der Waals surface area contributed by atoms with Gasteiger partial charge in [-0.2, -0.15) is 13.2 Å². The van der Waals surface area contributed by atoms with E-state index in [1.807, 2.05) is 0 Å². The van der Waals surface area contributed by atoms with Gasteiger partial charge in [0.05, 0.1) is 12.0 Å². The summed E-state index contributed by atoms with van der Waals surface area (Å²) in [7, 11) is 0. The molecule has 0 spiro atoms. The predicted molar refractivity (Wildman–Crippen MR) is 98.0 cm³/mol. The minimum absolute atomic E-state index is 0.0802. The zero-order valence-electron chi connectivity index (χ0n) is 15.4. The summed E-state index contributed by atoms with van der Waals surface area (Å²) in [4.78, 5) is 16.5. The summed E-state index contributed by atoms with van der Waals surface area (Å²) in [6.45, 7) is 3.43. The number of halogens is 4. The quantitative estimate of drug-likeness (QED) is 0.729. The molecule has 0 aromatic heterocycles. The molecular formula is C21H22F4N2O. The smallest absolute Gasteiger partial charge is 0.341 e. The Bertz CT molecular complexity index is 788. The third-order valence-corrected chi connectivity index (χ3v) is 4.90. The Morgan fingerprint density at radius 3 is 2.14 bits per heavy atom. The van der Waals surface area contributed by atoms with Gasteiger partial charge in [0, 0.05) is 32.7 Å². The Labute approximate surface area is 161 Å². The molecule has 0 N–H and O–H groups in total. The van der Waals surface area contributed by atoms with Gasteiger partial charge in [-0.3, -0.25) is 9.69 Å². The normalized spacial score (nSPS) is 16.1. The van der Waals surface area contributed by atoms with E-state index >= 15 is 0 Å². The lowest BCUT2D eigenvalue weighted by atomic mass is 10.1. The molecule has 1 heterocycles. The molecule has 2 aromatic rings. The molecule has 3 rings (SSSR count). The fraction of sp³-hybridized carbons (Fsp3) is 0.381. The molecule has 7 heteroatoms. The maximum absolute atomic E-state index is 13.0. The molecule has 150 valence electrons. The van der Waals surface area contributed by atoms with Crippen molar-refractivity contribution < 1.29 is 22.4 Å². The fourth-order valence-electron chi connectivity index (χ4n) is 3.32. The van der Waals surface area contributed by atoms with Crippen LogP contribution in [0.1, 0.15) is 23.1 Å². The molecule has 0 bridgehead atoms. The Morgan fingerprint density at radius 2 is 1.50 bits per heavy atom. The molecule has 1 saturated heterocycles. The number of carbonyl (C=O) groups excluding carboxylic acids is 1. The van der Waals surface area contributed by atoms with Gasteiger partial charge in [-0.25, -0.2) is 4.39 Å². The van der Waals surface area contributed by atoms with Crippen molar-refractivity contribution in [2.45, 2.75) is 25.6 Å². The summed E-state index contributed by atoms with van der Waals surface area (Å²) < 4.78 is 50.9. The molecule has 1 aliphatic rings. The van der Waals surface area contributed by atoms with Crippen molar-refractivity contribution in [3.8, 4) is 0 Å². The topological polar surface area (TPSA) is 23.6 Å². The standard InChI is InChI=1S/C21H22F4N2O/c22-19-8-4-17(5-9-19)15-26-10-1-11-27(13-12-26)20(28)14-16-2-6-18(7-3-16)21(23,24)25/h2-9H,1,10-15H2. The van der Waals surface area contributed by atoms with Crippen molar-refractivity contribution in [2.24, 2.45) is 0 Å². The van der Waals surface area contributed by atoms with E-state index in [0.717, 1.165) is 30.7 Å². The number of alkyl halides is 3. The maximum atomic E-state index is 13.0. The molecule has 1 fully saturated rings. The number of rotatable bonds is 4. The van der Waals surface area contributed by atoms with Gasteiger partial charge in [0.1, 0.15) is 5.82 Å². The fourth-order valence-corrected chi connectivity index (χ4v) is 3.32. The molecule has 1 aliphatic heterocycles. The van der Waals surface area contributed by atoms with Crippen LogP contribution in [0.5, 0.6) is 0 Å². The van der Waals surface area contributed by atoms with Gasteiger partial charge >= 0.3 is 6.18 Å². The van der Waals surface area contributed by atoms with Gasteiger partial charge in [0.25, 0.3) is 0 Å². The van der Waals surface area contributed by atoms with Crippen molar-refractivity contribution >= 4 is 5.91 Å². The summed E-state index contributed by atoms with van der Waals surface area (Å²) in [6.07, 6.45) is -3.46. The van der Waals surface area contributed by atoms with Crippen molar-refractivity contribution in [3.63, 3.8) is 0 Å². The number of carbonyl (C=O) groups is 1. The molecule has 28 heavy (non-hydrogen) atoms. The third-order valence-electron chi connectivity index (χ3n) is 4.90. The van der Waals surface area contributed by atoms with Crippen LogP contribution >= 0.6 is 0 Å². The van der Waals surface area contributed by atoms with Crippen molar-refractivity contribution in [1.82, 2.24) is 9.80 Å². The molecular weight excluding hydrogens is 372 g/mol. The van der Waals surface area contributed by atoms with Crippen LogP contribution in [-0.4, -0.2) is 41.9 Å². The van der Waals surface area contributed by atoms with Crippen LogP contribution in [0.25, 0.3) is 0 Å². The first-order valence-corrected chi connectivity index (χ1v) is 9.22. The average Bonchev–Trinajstić information content (AvgIpc) is 2.89. The summed E-state index contributed by atoms with van der Waals surface area (Å²) in [5, 5.41) is 0. The zero-order chi connectivity index (χ0) is 20.1. The molecule has 2 aromatic carbocycles. The van der Waals surface area contributed by atoms with Crippen LogP contribution in [0.2, 0.25) is 0 Å². The first kappa shape index (κ1) is 20.3. The highest BCUT2D eigenvalue weighted by Crippen LogP contribution is 2.29. The van der Waals surface area contributed by atoms with Gasteiger partial charge in [0.2, 0.25) is 5.91 Å². The molecule has 1 amide bonds. The van der Waals surface area contributed by atoms with E-state index in [4.69, 9.17) is 0 Å². The second kappa shape index (κ2) is 8.73. The zero-order valence-corrected chi connectivity index (χ0v) is 15.4. The van der Waals surface area contributed by atoms with Crippen molar-refractivity contribution in [1.29, 1.82) is 0 Å². The minimum atomic E-state index is -4.37. The number of benzene rings is 2. The highest BCUT2D eigenvalue weighted by molar-refractivity contribution is 5.78. The summed E-state index contributed by atoms with van der Waals surface area (Å²) in [5.74, 6) is -0.344. The second-order valence-corrected chi connectivity index (χ2v) is 7.01. The van der Waals surface area contributed by atoms with Gasteiger partial charge < -0.3 is 4.90 Å². The Hall–Kier alpha value is -2.41. The van der Waals surface area contributed by atoms with E-state index in [1.54, 1.807) is 17.0 Å². The highest BCUT2D eigenvalue weighted by Gasteiger charge is 2.30. The Balaban J connectivity index is 1.53. The van der Waals surface area contributed by atoms with Crippen LogP contribution in [0.4, 0.5) is 17.6 Å². The van der Waals surface area contributed by atoms with E-state index in [2.05, 4.69) is 4.90 Å². The summed E-state index contributed by atoms with van der Waals surface area (Å²) in [6, 6.07) is 11.1. The van der Waals surface area contributed by atoms with E-state index in [-0.39, 0.29) is 18.1 Å². The van der Waals surface area contributed by atoms with Crippen LogP contribution in [0.3, 0.4) is 0 Å². The monoisotopic (exact) mass is 394 g/mol. The molecule has 0 atom stereocenters. The number of nitrogens with zero attached hydrogens (tertiary/aromatic N) is 2. The number of amides is 1. The first-order valence-electron chi connectivity index (χ1n) is 9.22. The highest BCUT2D eigenvalue weighted by atomic mass is 19.4. The molecule has 0 radical (unpaired) electrons. The number of hydrogen-bond donors (Lipinski definition) is 0. The molecule has 0 aliphatic carbocycles. The van der Waals surface area contributed by atoms with Crippen LogP contribution in [0.15, 0.2) is 48.5 Å². The first-order chi connectivity index (χ1) is 13.3. The lowest BCUT2D eigenvalue weighted by Gasteiger charge is -2.22. The van der Waals surface area contributed by atoms with Gasteiger partial charge in [-0.05, 0) is 41.8 Å². The predicted octanol–water partition coefficient (Wildman–Crippen LogP) is 4.12. The molecule has 0 saturated carbocycles. The largest absolute Gasteiger partial charge is 0.416 e. The average molecular weight is 394 g/mol. The lowest BCUT2D eigenvalue weighted by Crippen LogP contribution is -2.36. The van der Waals surface area contributed by atoms with Crippen LogP contribution in [0, 0.1) is 5.82 Å². The van der Waals surface area contributed by atoms with E-state index in [0.29, 0.717) is 31.7 Å². The van der Waals surface area contributed by atoms with Crippen LogP contribution < -0.4 is 0 Å². The minimum Gasteiger partial charge on any atom is -0.341 e. The van der Waals surface area contributed by atoms with Gasteiger partial charge in [-0.1, -0.05) is 24.3 Å². The van der Waals surface area contributed by atoms with Crippen molar-refractivity contribution in [2.75, 3.05) is 26.2 Å². The summed E-state index contributed by atoms with van der Waals surface area (Å²) in [5.41, 5.74) is 0.881. The van der Waals surface area contributed by atoms with Crippen LogP contribution in [-0.2, 0) is 23.9 Å². The maximum Gasteiger partial charge on any atom is 0.416 e. The summed E-state index contributed by atoms with van der Waals surface area (Å²) >= 11 is 0. The second-order valence-electron chi connectivity index (χ2n) is 7.01. The van der Waals surface area contributed by atoms with Crippen molar-refractivity contribution in [3.05, 3.63) is 71.0 Å². The van der Waals surface area contributed by atoms with E-state index in [1.165, 1.54) is 24.3 Å². The third kappa shape index (κ3) is 5.55. The van der Waals surface area contributed by atoms with E-state index in [9.17, 15) is 22.4 Å². The van der Waals surface area contributed by atoms with E-state index < -0.39 is 11.7 Å². The molecule has 3 nitrogen and oxygen atoms in total. The van der Waals surface area contributed by atoms with Gasteiger partial charge in [0.15, 0.2) is 0 Å². The van der Waals surface area contributed by atoms with Gasteiger partial charge in [-0.15, -0.1) is 0 Å². The Morgan fingerprint density at radius 1 is 0.857 bits per heavy atom. The molecule has 0 unspecified atom stereocenters. The Kier molecular flexibility index (Phi) is 6.34. The SMILES string of the molecule is O=C(Cc1ccc(C(F)(F)F)cc1)N1CCCN(Cc2ccc(F)cc2)CC1. The number of hydrogen-bond acceptors (Lipinski definition) is 2. The lowest BCUT2D eigenvalue weighted by molar-refractivity contribution is -0.137.